The number of amides is 1. The van der Waals surface area contributed by atoms with Crippen molar-refractivity contribution in [3.8, 4) is 0 Å². The Morgan fingerprint density at radius 3 is 3.00 bits per heavy atom. The molecule has 0 radical (unpaired) electrons. The second kappa shape index (κ2) is 5.19. The van der Waals surface area contributed by atoms with Crippen LogP contribution in [0.3, 0.4) is 0 Å². The van der Waals surface area contributed by atoms with Crippen LogP contribution in [0.25, 0.3) is 0 Å². The summed E-state index contributed by atoms with van der Waals surface area (Å²) in [4.78, 5) is 13.8. The lowest BCUT2D eigenvalue weighted by Crippen LogP contribution is -2.33. The van der Waals surface area contributed by atoms with Gasteiger partial charge in [0.15, 0.2) is 0 Å². The molecule has 0 spiro atoms. The highest BCUT2D eigenvalue weighted by Gasteiger charge is 2.27. The van der Waals surface area contributed by atoms with E-state index in [0.29, 0.717) is 16.4 Å². The minimum absolute atomic E-state index is 0.114. The number of hydrogen-bond donors (Lipinski definition) is 1. The van der Waals surface area contributed by atoms with Crippen molar-refractivity contribution in [2.24, 2.45) is 5.92 Å². The van der Waals surface area contributed by atoms with Gasteiger partial charge in [-0.1, -0.05) is 11.6 Å². The zero-order valence-electron chi connectivity index (χ0n) is 9.65. The summed E-state index contributed by atoms with van der Waals surface area (Å²) in [5.41, 5.74) is 7.14. The number of nitrogens with zero attached hydrogens (tertiary/aromatic N) is 1. The smallest absolute Gasteiger partial charge is 0.230 e. The maximum Gasteiger partial charge on any atom is 0.230 e. The summed E-state index contributed by atoms with van der Waals surface area (Å²) in [5.74, 6) is 2.21. The fraction of sp³-hybridized carbons (Fsp3) is 0.417. The number of nitrogen functional groups attached to an aromatic ring is 1. The van der Waals surface area contributed by atoms with Crippen LogP contribution in [0.5, 0.6) is 0 Å². The minimum atomic E-state index is 0.114. The van der Waals surface area contributed by atoms with Gasteiger partial charge in [0.1, 0.15) is 0 Å². The first-order valence-electron chi connectivity index (χ1n) is 5.50. The predicted octanol–water partition coefficient (Wildman–Crippen LogP) is 2.64. The van der Waals surface area contributed by atoms with E-state index < -0.39 is 0 Å². The molecule has 0 aliphatic carbocycles. The fourth-order valence-corrected chi connectivity index (χ4v) is 3.31. The van der Waals surface area contributed by atoms with Crippen molar-refractivity contribution in [3.63, 3.8) is 0 Å². The van der Waals surface area contributed by atoms with Crippen molar-refractivity contribution in [1.82, 2.24) is 0 Å². The molecule has 1 fully saturated rings. The molecule has 1 saturated heterocycles. The third-order valence-corrected chi connectivity index (χ3v) is 4.36. The van der Waals surface area contributed by atoms with E-state index in [4.69, 9.17) is 17.3 Å². The van der Waals surface area contributed by atoms with Gasteiger partial charge < -0.3 is 10.6 Å². The Bertz CT molecular complexity index is 433. The number of rotatable bonds is 2. The van der Waals surface area contributed by atoms with Gasteiger partial charge in [0.05, 0.1) is 11.4 Å². The number of benzene rings is 1. The van der Waals surface area contributed by atoms with Crippen molar-refractivity contribution < 1.29 is 4.79 Å². The van der Waals surface area contributed by atoms with Crippen LogP contribution in [-0.4, -0.2) is 24.5 Å². The molecule has 2 rings (SSSR count). The first kappa shape index (κ1) is 12.6. The van der Waals surface area contributed by atoms with Crippen molar-refractivity contribution in [3.05, 3.63) is 23.2 Å². The van der Waals surface area contributed by atoms with E-state index in [1.807, 2.05) is 11.8 Å². The van der Waals surface area contributed by atoms with Crippen LogP contribution in [0, 0.1) is 5.92 Å². The van der Waals surface area contributed by atoms with Crippen molar-refractivity contribution in [2.75, 3.05) is 29.2 Å². The van der Waals surface area contributed by atoms with Gasteiger partial charge in [-0.25, -0.2) is 0 Å². The number of carbonyl (C=O) groups is 1. The molecule has 1 unspecified atom stereocenters. The molecule has 1 atom stereocenters. The van der Waals surface area contributed by atoms with Gasteiger partial charge in [-0.05, 0) is 30.4 Å². The molecule has 1 aliphatic rings. The van der Waals surface area contributed by atoms with Gasteiger partial charge in [-0.2, -0.15) is 11.8 Å². The minimum Gasteiger partial charge on any atom is -0.397 e. The first-order chi connectivity index (χ1) is 8.09. The van der Waals surface area contributed by atoms with Crippen molar-refractivity contribution in [2.45, 2.75) is 6.42 Å². The standard InChI is InChI=1S/C12H15ClN2OS/c1-15(12(16)8-4-5-17-7-8)11-6-9(13)2-3-10(11)14/h2-3,6,8H,4-5,7,14H2,1H3. The van der Waals surface area contributed by atoms with Crippen molar-refractivity contribution in [1.29, 1.82) is 0 Å². The summed E-state index contributed by atoms with van der Waals surface area (Å²) in [6.45, 7) is 0. The highest BCUT2D eigenvalue weighted by Crippen LogP contribution is 2.30. The van der Waals surface area contributed by atoms with Crippen molar-refractivity contribution >= 4 is 40.6 Å². The van der Waals surface area contributed by atoms with E-state index in [0.717, 1.165) is 17.9 Å². The molecule has 92 valence electrons. The summed E-state index contributed by atoms with van der Waals surface area (Å²) in [5, 5.41) is 0.592. The van der Waals surface area contributed by atoms with Crippen LogP contribution in [-0.2, 0) is 4.79 Å². The molecular weight excluding hydrogens is 256 g/mol. The van der Waals surface area contributed by atoms with Crippen LogP contribution in [0.2, 0.25) is 5.02 Å². The quantitative estimate of drug-likeness (QED) is 0.841. The van der Waals surface area contributed by atoms with Gasteiger partial charge in [-0.3, -0.25) is 4.79 Å². The van der Waals surface area contributed by atoms with Crippen LogP contribution in [0.1, 0.15) is 6.42 Å². The Labute approximate surface area is 110 Å². The summed E-state index contributed by atoms with van der Waals surface area (Å²) in [6, 6.07) is 5.19. The molecule has 1 heterocycles. The van der Waals surface area contributed by atoms with E-state index in [-0.39, 0.29) is 11.8 Å². The second-order valence-corrected chi connectivity index (χ2v) is 5.75. The van der Waals surface area contributed by atoms with Gasteiger partial charge in [-0.15, -0.1) is 0 Å². The van der Waals surface area contributed by atoms with Crippen LogP contribution < -0.4 is 10.6 Å². The van der Waals surface area contributed by atoms with Gasteiger partial charge in [0.2, 0.25) is 5.91 Å². The third-order valence-electron chi connectivity index (χ3n) is 2.96. The number of carbonyl (C=O) groups excluding carboxylic acids is 1. The van der Waals surface area contributed by atoms with Gasteiger partial charge >= 0.3 is 0 Å². The first-order valence-corrected chi connectivity index (χ1v) is 7.03. The Balaban J connectivity index is 2.20. The van der Waals surface area contributed by atoms with Crippen LogP contribution >= 0.6 is 23.4 Å². The largest absolute Gasteiger partial charge is 0.397 e. The highest BCUT2D eigenvalue weighted by atomic mass is 35.5. The maximum absolute atomic E-state index is 12.2. The number of halogens is 1. The maximum atomic E-state index is 12.2. The van der Waals surface area contributed by atoms with Crippen LogP contribution in [0.15, 0.2) is 18.2 Å². The van der Waals surface area contributed by atoms with E-state index in [1.165, 1.54) is 0 Å². The average Bonchev–Trinajstić information content (AvgIpc) is 2.84. The molecule has 3 nitrogen and oxygen atoms in total. The topological polar surface area (TPSA) is 46.3 Å². The Kier molecular flexibility index (Phi) is 3.84. The molecule has 0 aromatic heterocycles. The van der Waals surface area contributed by atoms with E-state index in [9.17, 15) is 4.79 Å². The SMILES string of the molecule is CN(C(=O)C1CCSC1)c1cc(Cl)ccc1N. The Hall–Kier alpha value is -0.870. The lowest BCUT2D eigenvalue weighted by Gasteiger charge is -2.22. The summed E-state index contributed by atoms with van der Waals surface area (Å²) in [6.07, 6.45) is 0.953. The molecule has 1 aromatic rings. The van der Waals surface area contributed by atoms with Gasteiger partial charge in [0, 0.05) is 23.7 Å². The molecule has 1 aliphatic heterocycles. The van der Waals surface area contributed by atoms with E-state index in [1.54, 1.807) is 30.1 Å². The van der Waals surface area contributed by atoms with Gasteiger partial charge in [0.25, 0.3) is 0 Å². The predicted molar refractivity (Wildman–Crippen MR) is 74.7 cm³/mol. The zero-order chi connectivity index (χ0) is 12.4. The molecular formula is C12H15ClN2OS. The third kappa shape index (κ3) is 2.69. The van der Waals surface area contributed by atoms with Crippen LogP contribution in [0.4, 0.5) is 11.4 Å². The Morgan fingerprint density at radius 1 is 1.59 bits per heavy atom. The molecule has 2 N–H and O–H groups in total. The Morgan fingerprint density at radius 2 is 2.35 bits per heavy atom. The van der Waals surface area contributed by atoms with E-state index in [2.05, 4.69) is 0 Å². The molecule has 0 saturated carbocycles. The lowest BCUT2D eigenvalue weighted by molar-refractivity contribution is -0.121. The number of anilines is 2. The lowest BCUT2D eigenvalue weighted by atomic mass is 10.1. The molecule has 1 aromatic carbocycles. The summed E-state index contributed by atoms with van der Waals surface area (Å²) < 4.78 is 0. The number of hydrogen-bond acceptors (Lipinski definition) is 3. The normalized spacial score (nSPS) is 19.3. The number of thioether (sulfide) groups is 1. The monoisotopic (exact) mass is 270 g/mol. The molecule has 5 heteroatoms. The molecule has 1 amide bonds. The zero-order valence-corrected chi connectivity index (χ0v) is 11.2. The molecule has 17 heavy (non-hydrogen) atoms. The summed E-state index contributed by atoms with van der Waals surface area (Å²) >= 11 is 7.75. The fourth-order valence-electron chi connectivity index (χ4n) is 1.93. The molecule has 0 bridgehead atoms. The number of nitrogens with two attached hydrogens (primary N) is 1. The van der Waals surface area contributed by atoms with E-state index >= 15 is 0 Å². The second-order valence-electron chi connectivity index (χ2n) is 4.16. The highest BCUT2D eigenvalue weighted by molar-refractivity contribution is 7.99. The summed E-state index contributed by atoms with van der Waals surface area (Å²) in [7, 11) is 1.76. The average molecular weight is 271 g/mol.